The molecular weight excluding hydrogens is 357 g/mol. The number of benzene rings is 1. The number of piperazine rings is 1. The number of carbonyl (C=O) groups is 1. The van der Waals surface area contributed by atoms with Gasteiger partial charge in [0.1, 0.15) is 11.9 Å². The van der Waals surface area contributed by atoms with Gasteiger partial charge in [0, 0.05) is 51.5 Å². The molecule has 0 radical (unpaired) electrons. The van der Waals surface area contributed by atoms with E-state index in [-0.39, 0.29) is 17.8 Å². The maximum absolute atomic E-state index is 13.3. The fraction of sp³-hybridized carbons (Fsp3) is 0.429. The van der Waals surface area contributed by atoms with Crippen molar-refractivity contribution in [2.75, 3.05) is 39.8 Å². The van der Waals surface area contributed by atoms with E-state index in [2.05, 4.69) is 21.9 Å². The normalized spacial score (nSPS) is 21.2. The van der Waals surface area contributed by atoms with Gasteiger partial charge in [-0.1, -0.05) is 12.1 Å². The lowest BCUT2D eigenvalue weighted by Crippen LogP contribution is -2.48. The number of hydrazone groups is 1. The molecule has 4 rings (SSSR count). The topological polar surface area (TPSA) is 44.1 Å². The molecule has 2 aromatic rings. The molecule has 0 N–H and O–H groups in total. The lowest BCUT2D eigenvalue weighted by atomic mass is 10.0. The van der Waals surface area contributed by atoms with Crippen LogP contribution in [0.15, 0.2) is 47.7 Å². The zero-order valence-electron chi connectivity index (χ0n) is 16.4. The first-order valence-electron chi connectivity index (χ1n) is 9.69. The molecule has 0 saturated carbocycles. The predicted molar refractivity (Wildman–Crippen MR) is 106 cm³/mol. The fourth-order valence-electron chi connectivity index (χ4n) is 3.88. The first-order chi connectivity index (χ1) is 13.5. The van der Waals surface area contributed by atoms with Crippen LogP contribution in [0.4, 0.5) is 4.39 Å². The van der Waals surface area contributed by atoms with E-state index in [4.69, 9.17) is 0 Å². The van der Waals surface area contributed by atoms with Gasteiger partial charge in [0.2, 0.25) is 0 Å². The number of hydrogen-bond acceptors (Lipinski definition) is 4. The van der Waals surface area contributed by atoms with Crippen molar-refractivity contribution in [2.45, 2.75) is 12.5 Å². The summed E-state index contributed by atoms with van der Waals surface area (Å²) in [6, 6.07) is 10.2. The second-order valence-electron chi connectivity index (χ2n) is 7.64. The highest BCUT2D eigenvalue weighted by molar-refractivity contribution is 6.03. The minimum atomic E-state index is -0.274. The van der Waals surface area contributed by atoms with Gasteiger partial charge in [-0.15, -0.1) is 0 Å². The summed E-state index contributed by atoms with van der Waals surface area (Å²) >= 11 is 0. The summed E-state index contributed by atoms with van der Waals surface area (Å²) in [5, 5.41) is 6.31. The predicted octanol–water partition coefficient (Wildman–Crippen LogP) is 2.09. The number of rotatable bonds is 4. The molecule has 0 bridgehead atoms. The van der Waals surface area contributed by atoms with Gasteiger partial charge in [0.05, 0.1) is 12.3 Å². The molecule has 1 saturated heterocycles. The molecule has 7 heteroatoms. The summed E-state index contributed by atoms with van der Waals surface area (Å²) < 4.78 is 15.3. The quantitative estimate of drug-likeness (QED) is 0.812. The van der Waals surface area contributed by atoms with Crippen molar-refractivity contribution >= 4 is 11.6 Å². The van der Waals surface area contributed by atoms with Crippen LogP contribution in [0.25, 0.3) is 0 Å². The number of aromatic nitrogens is 1. The van der Waals surface area contributed by atoms with Crippen molar-refractivity contribution in [3.63, 3.8) is 0 Å². The molecule has 1 amide bonds. The number of hydrogen-bond donors (Lipinski definition) is 0. The van der Waals surface area contributed by atoms with E-state index in [1.807, 2.05) is 29.9 Å². The monoisotopic (exact) mass is 383 g/mol. The maximum atomic E-state index is 13.3. The van der Waals surface area contributed by atoms with Crippen LogP contribution in [0.3, 0.4) is 0 Å². The molecule has 1 unspecified atom stereocenters. The van der Waals surface area contributed by atoms with Gasteiger partial charge in [-0.3, -0.25) is 9.69 Å². The number of aryl methyl sites for hydroxylation is 1. The minimum absolute atomic E-state index is 0.00728. The Morgan fingerprint density at radius 3 is 2.46 bits per heavy atom. The van der Waals surface area contributed by atoms with Crippen molar-refractivity contribution in [1.82, 2.24) is 19.4 Å². The summed E-state index contributed by atoms with van der Waals surface area (Å²) in [5.41, 5.74) is 2.72. The lowest BCUT2D eigenvalue weighted by molar-refractivity contribution is -0.134. The molecule has 1 fully saturated rings. The lowest BCUT2D eigenvalue weighted by Gasteiger charge is -2.33. The van der Waals surface area contributed by atoms with E-state index in [1.165, 1.54) is 12.1 Å². The van der Waals surface area contributed by atoms with Gasteiger partial charge in [-0.05, 0) is 36.9 Å². The van der Waals surface area contributed by atoms with E-state index in [1.54, 1.807) is 17.1 Å². The second kappa shape index (κ2) is 7.85. The first-order valence-corrected chi connectivity index (χ1v) is 9.69. The molecular formula is C21H26FN5O. The number of nitrogens with zero attached hydrogens (tertiary/aromatic N) is 5. The zero-order chi connectivity index (χ0) is 19.7. The van der Waals surface area contributed by atoms with Gasteiger partial charge in [0.15, 0.2) is 0 Å². The summed E-state index contributed by atoms with van der Waals surface area (Å²) in [6.45, 7) is 4.09. The highest BCUT2D eigenvalue weighted by atomic mass is 19.1. The van der Waals surface area contributed by atoms with Crippen molar-refractivity contribution in [2.24, 2.45) is 12.1 Å². The number of carbonyl (C=O) groups excluding carboxylic acids is 1. The Balaban J connectivity index is 1.57. The number of amides is 1. The van der Waals surface area contributed by atoms with E-state index < -0.39 is 0 Å². The van der Waals surface area contributed by atoms with Crippen LogP contribution in [0.5, 0.6) is 0 Å². The van der Waals surface area contributed by atoms with Gasteiger partial charge in [0.25, 0.3) is 5.91 Å². The molecule has 1 aromatic carbocycles. The average molecular weight is 383 g/mol. The highest BCUT2D eigenvalue weighted by Gasteiger charge is 2.35. The van der Waals surface area contributed by atoms with Crippen LogP contribution >= 0.6 is 0 Å². The Kier molecular flexibility index (Phi) is 5.28. The Morgan fingerprint density at radius 1 is 1.11 bits per heavy atom. The Hall–Kier alpha value is -2.51. The Labute approximate surface area is 164 Å². The van der Waals surface area contributed by atoms with Crippen LogP contribution in [0, 0.1) is 5.82 Å². The number of likely N-dealkylation sites (N-methyl/N-ethyl adjacent to an activating group) is 1. The molecule has 1 aromatic heterocycles. The molecule has 2 aliphatic rings. The van der Waals surface area contributed by atoms with Crippen molar-refractivity contribution < 1.29 is 9.18 Å². The largest absolute Gasteiger partial charge is 0.353 e. The van der Waals surface area contributed by atoms with E-state index in [9.17, 15) is 9.18 Å². The van der Waals surface area contributed by atoms with Gasteiger partial charge in [-0.25, -0.2) is 9.40 Å². The minimum Gasteiger partial charge on any atom is -0.353 e. The van der Waals surface area contributed by atoms with Gasteiger partial charge >= 0.3 is 0 Å². The molecule has 6 nitrogen and oxygen atoms in total. The standard InChI is InChI=1S/C21H26FN5O/c1-24-10-12-26(13-11-24)15-21(28)27-20(19-4-3-9-25(19)2)14-18(23-27)16-5-7-17(22)8-6-16/h3-9,20H,10-15H2,1-2H3. The average Bonchev–Trinajstić information content (AvgIpc) is 3.30. The van der Waals surface area contributed by atoms with Crippen LogP contribution in [0.2, 0.25) is 0 Å². The van der Waals surface area contributed by atoms with Crippen molar-refractivity contribution in [3.8, 4) is 0 Å². The third kappa shape index (κ3) is 3.86. The van der Waals surface area contributed by atoms with Crippen molar-refractivity contribution in [3.05, 3.63) is 59.7 Å². The molecule has 148 valence electrons. The van der Waals surface area contributed by atoms with Crippen LogP contribution in [-0.4, -0.2) is 70.8 Å². The van der Waals surface area contributed by atoms with Gasteiger partial charge in [-0.2, -0.15) is 5.10 Å². The SMILES string of the molecule is CN1CCN(CC(=O)N2N=C(c3ccc(F)cc3)CC2c2cccn2C)CC1. The zero-order valence-corrected chi connectivity index (χ0v) is 16.4. The summed E-state index contributed by atoms with van der Waals surface area (Å²) in [4.78, 5) is 17.6. The first kappa shape index (κ1) is 18.8. The molecule has 0 spiro atoms. The Bertz CT molecular complexity index is 867. The summed E-state index contributed by atoms with van der Waals surface area (Å²) in [6.07, 6.45) is 2.60. The Morgan fingerprint density at radius 2 is 1.82 bits per heavy atom. The molecule has 1 atom stereocenters. The van der Waals surface area contributed by atoms with E-state index in [0.29, 0.717) is 13.0 Å². The maximum Gasteiger partial charge on any atom is 0.257 e. The molecule has 28 heavy (non-hydrogen) atoms. The summed E-state index contributed by atoms with van der Waals surface area (Å²) in [7, 11) is 4.08. The highest BCUT2D eigenvalue weighted by Crippen LogP contribution is 2.33. The second-order valence-corrected chi connectivity index (χ2v) is 7.64. The molecule has 3 heterocycles. The third-order valence-corrected chi connectivity index (χ3v) is 5.62. The van der Waals surface area contributed by atoms with Crippen LogP contribution < -0.4 is 0 Å². The van der Waals surface area contributed by atoms with Crippen molar-refractivity contribution in [1.29, 1.82) is 0 Å². The fourth-order valence-corrected chi connectivity index (χ4v) is 3.88. The van der Waals surface area contributed by atoms with E-state index >= 15 is 0 Å². The molecule has 2 aliphatic heterocycles. The van der Waals surface area contributed by atoms with Crippen LogP contribution in [-0.2, 0) is 11.8 Å². The van der Waals surface area contributed by atoms with E-state index in [0.717, 1.165) is 43.1 Å². The van der Waals surface area contributed by atoms with Crippen LogP contribution in [0.1, 0.15) is 23.7 Å². The summed E-state index contributed by atoms with van der Waals surface area (Å²) in [5.74, 6) is -0.266. The smallest absolute Gasteiger partial charge is 0.257 e. The molecule has 0 aliphatic carbocycles. The van der Waals surface area contributed by atoms with Gasteiger partial charge < -0.3 is 9.47 Å². The number of halogens is 1. The third-order valence-electron chi connectivity index (χ3n) is 5.62.